The summed E-state index contributed by atoms with van der Waals surface area (Å²) < 4.78 is 0. The fourth-order valence-electron chi connectivity index (χ4n) is 3.05. The zero-order valence-electron chi connectivity index (χ0n) is 12.4. The molecular weight excluding hydrogens is 278 g/mol. The first kappa shape index (κ1) is 17.2. The van der Waals surface area contributed by atoms with E-state index in [2.05, 4.69) is 0 Å². The Labute approximate surface area is 127 Å². The highest BCUT2D eigenvalue weighted by Gasteiger charge is 2.37. The summed E-state index contributed by atoms with van der Waals surface area (Å²) in [5.41, 5.74) is 5.87. The third-order valence-electron chi connectivity index (χ3n) is 4.18. The number of halogens is 1. The van der Waals surface area contributed by atoms with Crippen molar-refractivity contribution in [3.05, 3.63) is 0 Å². The van der Waals surface area contributed by atoms with Crippen LogP contribution in [-0.4, -0.2) is 53.3 Å². The van der Waals surface area contributed by atoms with Crippen LogP contribution in [0.2, 0.25) is 0 Å². The Kier molecular flexibility index (Phi) is 6.27. The van der Waals surface area contributed by atoms with Crippen molar-refractivity contribution in [1.82, 2.24) is 9.80 Å². The first-order valence-electron chi connectivity index (χ1n) is 7.34. The molecule has 0 radical (unpaired) electrons. The van der Waals surface area contributed by atoms with Crippen molar-refractivity contribution in [2.45, 2.75) is 51.6 Å². The molecule has 0 spiro atoms. The van der Waals surface area contributed by atoms with Gasteiger partial charge in [-0.3, -0.25) is 9.59 Å². The van der Waals surface area contributed by atoms with E-state index < -0.39 is 0 Å². The molecule has 2 amide bonds. The van der Waals surface area contributed by atoms with Gasteiger partial charge in [0.15, 0.2) is 0 Å². The second kappa shape index (κ2) is 7.27. The Balaban J connectivity index is 0.00000200. The van der Waals surface area contributed by atoms with Crippen molar-refractivity contribution in [3.8, 4) is 0 Å². The lowest BCUT2D eigenvalue weighted by Crippen LogP contribution is -2.54. The summed E-state index contributed by atoms with van der Waals surface area (Å²) in [6.45, 7) is 6.21. The van der Waals surface area contributed by atoms with E-state index in [4.69, 9.17) is 5.73 Å². The zero-order valence-corrected chi connectivity index (χ0v) is 13.2. The van der Waals surface area contributed by atoms with Crippen LogP contribution < -0.4 is 5.73 Å². The standard InChI is InChI=1S/C14H25N3O2.ClH/c1-10(2)13(17-7-3-4-12(17)18)14(19)16-8-5-11(15)6-9-16;/h10-11,13H,3-9,15H2,1-2H3;1H. The summed E-state index contributed by atoms with van der Waals surface area (Å²) in [6, 6.07) is -0.0701. The van der Waals surface area contributed by atoms with Crippen LogP contribution in [-0.2, 0) is 9.59 Å². The number of hydrogen-bond donors (Lipinski definition) is 1. The molecule has 0 saturated carbocycles. The maximum atomic E-state index is 12.7. The van der Waals surface area contributed by atoms with Gasteiger partial charge in [-0.05, 0) is 25.2 Å². The van der Waals surface area contributed by atoms with E-state index in [1.54, 1.807) is 4.90 Å². The van der Waals surface area contributed by atoms with Gasteiger partial charge in [-0.1, -0.05) is 13.8 Å². The molecule has 0 aromatic heterocycles. The van der Waals surface area contributed by atoms with Crippen LogP contribution in [0.4, 0.5) is 0 Å². The summed E-state index contributed by atoms with van der Waals surface area (Å²) in [4.78, 5) is 28.2. The molecule has 2 aliphatic heterocycles. The number of nitrogens with two attached hydrogens (primary N) is 1. The van der Waals surface area contributed by atoms with Gasteiger partial charge in [0, 0.05) is 32.1 Å². The Morgan fingerprint density at radius 2 is 1.85 bits per heavy atom. The predicted molar refractivity (Wildman–Crippen MR) is 80.6 cm³/mol. The lowest BCUT2D eigenvalue weighted by molar-refractivity contribution is -0.146. The number of carbonyl (C=O) groups is 2. The summed E-state index contributed by atoms with van der Waals surface area (Å²) in [5, 5.41) is 0. The van der Waals surface area contributed by atoms with Gasteiger partial charge in [0.25, 0.3) is 0 Å². The average molecular weight is 304 g/mol. The van der Waals surface area contributed by atoms with Crippen molar-refractivity contribution < 1.29 is 9.59 Å². The van der Waals surface area contributed by atoms with Crippen molar-refractivity contribution >= 4 is 24.2 Å². The molecule has 116 valence electrons. The fourth-order valence-corrected chi connectivity index (χ4v) is 3.05. The molecule has 20 heavy (non-hydrogen) atoms. The Hall–Kier alpha value is -0.810. The van der Waals surface area contributed by atoms with E-state index in [1.807, 2.05) is 18.7 Å². The smallest absolute Gasteiger partial charge is 0.245 e. The number of amides is 2. The molecule has 2 aliphatic rings. The second-order valence-corrected chi connectivity index (χ2v) is 6.04. The van der Waals surface area contributed by atoms with E-state index >= 15 is 0 Å². The molecule has 5 nitrogen and oxygen atoms in total. The van der Waals surface area contributed by atoms with Crippen LogP contribution in [0.15, 0.2) is 0 Å². The summed E-state index contributed by atoms with van der Waals surface area (Å²) in [7, 11) is 0. The number of piperidine rings is 1. The Morgan fingerprint density at radius 3 is 2.30 bits per heavy atom. The van der Waals surface area contributed by atoms with E-state index in [9.17, 15) is 9.59 Å². The maximum Gasteiger partial charge on any atom is 0.245 e. The fraction of sp³-hybridized carbons (Fsp3) is 0.857. The second-order valence-electron chi connectivity index (χ2n) is 6.04. The van der Waals surface area contributed by atoms with Crippen LogP contribution in [0.3, 0.4) is 0 Å². The number of likely N-dealkylation sites (tertiary alicyclic amines) is 2. The van der Waals surface area contributed by atoms with E-state index in [0.29, 0.717) is 6.42 Å². The van der Waals surface area contributed by atoms with Gasteiger partial charge < -0.3 is 15.5 Å². The van der Waals surface area contributed by atoms with Crippen LogP contribution in [0.1, 0.15) is 39.5 Å². The highest BCUT2D eigenvalue weighted by Crippen LogP contribution is 2.22. The topological polar surface area (TPSA) is 66.6 Å². The van der Waals surface area contributed by atoms with Gasteiger partial charge in [-0.25, -0.2) is 0 Å². The molecule has 0 aromatic rings. The molecule has 2 rings (SSSR count). The van der Waals surface area contributed by atoms with Crippen molar-refractivity contribution in [2.75, 3.05) is 19.6 Å². The minimum atomic E-state index is -0.288. The van der Waals surface area contributed by atoms with E-state index in [-0.39, 0.29) is 42.2 Å². The minimum absolute atomic E-state index is 0. The van der Waals surface area contributed by atoms with Crippen molar-refractivity contribution in [3.63, 3.8) is 0 Å². The molecule has 2 heterocycles. The zero-order chi connectivity index (χ0) is 14.0. The van der Waals surface area contributed by atoms with Crippen molar-refractivity contribution in [2.24, 2.45) is 11.7 Å². The lowest BCUT2D eigenvalue weighted by atomic mass is 9.98. The van der Waals surface area contributed by atoms with Gasteiger partial charge in [-0.15, -0.1) is 12.4 Å². The lowest BCUT2D eigenvalue weighted by Gasteiger charge is -2.37. The van der Waals surface area contributed by atoms with Crippen LogP contribution in [0.5, 0.6) is 0 Å². The summed E-state index contributed by atoms with van der Waals surface area (Å²) in [6.07, 6.45) is 3.19. The van der Waals surface area contributed by atoms with Gasteiger partial charge in [0.2, 0.25) is 11.8 Å². The molecular formula is C14H26ClN3O2. The van der Waals surface area contributed by atoms with Crippen LogP contribution in [0, 0.1) is 5.92 Å². The first-order valence-corrected chi connectivity index (χ1v) is 7.34. The summed E-state index contributed by atoms with van der Waals surface area (Å²) >= 11 is 0. The number of rotatable bonds is 3. The molecule has 1 unspecified atom stereocenters. The number of hydrogen-bond acceptors (Lipinski definition) is 3. The van der Waals surface area contributed by atoms with Gasteiger partial charge in [0.05, 0.1) is 0 Å². The molecule has 2 saturated heterocycles. The Bertz CT molecular complexity index is 354. The highest BCUT2D eigenvalue weighted by atomic mass is 35.5. The molecule has 0 bridgehead atoms. The van der Waals surface area contributed by atoms with E-state index in [1.165, 1.54) is 0 Å². The normalized spacial score (nSPS) is 22.1. The molecule has 1 atom stereocenters. The maximum absolute atomic E-state index is 12.7. The largest absolute Gasteiger partial charge is 0.341 e. The van der Waals surface area contributed by atoms with Crippen LogP contribution in [0.25, 0.3) is 0 Å². The molecule has 6 heteroatoms. The molecule has 2 N–H and O–H groups in total. The third kappa shape index (κ3) is 3.64. The van der Waals surface area contributed by atoms with E-state index in [0.717, 1.165) is 38.9 Å². The van der Waals surface area contributed by atoms with Gasteiger partial charge in [0.1, 0.15) is 6.04 Å². The molecule has 2 fully saturated rings. The van der Waals surface area contributed by atoms with Crippen LogP contribution >= 0.6 is 12.4 Å². The quantitative estimate of drug-likeness (QED) is 0.846. The molecule has 0 aliphatic carbocycles. The monoisotopic (exact) mass is 303 g/mol. The first-order chi connectivity index (χ1) is 9.00. The minimum Gasteiger partial charge on any atom is -0.341 e. The molecule has 0 aromatic carbocycles. The average Bonchev–Trinajstić information content (AvgIpc) is 2.76. The summed E-state index contributed by atoms with van der Waals surface area (Å²) in [5.74, 6) is 0.392. The van der Waals surface area contributed by atoms with Gasteiger partial charge >= 0.3 is 0 Å². The highest BCUT2D eigenvalue weighted by molar-refractivity contribution is 5.89. The SMILES string of the molecule is CC(C)C(C(=O)N1CCC(N)CC1)N1CCCC1=O.Cl. The number of nitrogens with zero attached hydrogens (tertiary/aromatic N) is 2. The third-order valence-corrected chi connectivity index (χ3v) is 4.18. The Morgan fingerprint density at radius 1 is 1.25 bits per heavy atom. The van der Waals surface area contributed by atoms with Gasteiger partial charge in [-0.2, -0.15) is 0 Å². The van der Waals surface area contributed by atoms with Crippen molar-refractivity contribution in [1.29, 1.82) is 0 Å². The number of carbonyl (C=O) groups excluding carboxylic acids is 2. The predicted octanol–water partition coefficient (Wildman–Crippen LogP) is 1.00.